The highest BCUT2D eigenvalue weighted by atomic mass is 35.5. The zero-order valence-corrected chi connectivity index (χ0v) is 23.2. The molecule has 42 heavy (non-hydrogen) atoms. The van der Waals surface area contributed by atoms with E-state index in [1.165, 1.54) is 19.3 Å². The van der Waals surface area contributed by atoms with Crippen LogP contribution in [-0.4, -0.2) is 48.0 Å². The molecule has 1 saturated heterocycles. The topological polar surface area (TPSA) is 119 Å². The minimum Gasteiger partial charge on any atom is -0.318 e. The van der Waals surface area contributed by atoms with Gasteiger partial charge in [-0.3, -0.25) is 24.2 Å². The highest BCUT2D eigenvalue weighted by Gasteiger charge is 2.53. The first-order chi connectivity index (χ1) is 20.8. The Morgan fingerprint density at radius 2 is 1.93 bits per heavy atom. The van der Waals surface area contributed by atoms with Crippen LogP contribution in [0.3, 0.4) is 0 Å². The molecule has 216 valence electrons. The maximum absolute atomic E-state index is 14.8. The van der Waals surface area contributed by atoms with Crippen LogP contribution in [0, 0.1) is 31.5 Å². The predicted octanol–water partition coefficient (Wildman–Crippen LogP) is 5.32. The monoisotopic (exact) mass is 598 g/mol. The first-order valence-electron chi connectivity index (χ1n) is 13.9. The highest BCUT2D eigenvalue weighted by Crippen LogP contribution is 2.46. The third-order valence-electron chi connectivity index (χ3n) is 7.32. The number of rotatable bonds is 7. The van der Waals surface area contributed by atoms with Gasteiger partial charge >= 0.3 is 0 Å². The zero-order chi connectivity index (χ0) is 31.7. The SMILES string of the molecule is [2H]C1([2H])C2CC2C(=O)N1c1ncc([C@H](C)n2cc(NC(=O)c3nc(-c4c(C(F)F)ccc(Cl)c4F)cnc3C)cn2)c(C)n1. The molecule has 0 bridgehead atoms. The van der Waals surface area contributed by atoms with Crippen molar-refractivity contribution in [3.05, 3.63) is 76.0 Å². The van der Waals surface area contributed by atoms with Crippen LogP contribution in [0.4, 0.5) is 24.8 Å². The lowest BCUT2D eigenvalue weighted by Gasteiger charge is -2.19. The lowest BCUT2D eigenvalue weighted by atomic mass is 10.0. The van der Waals surface area contributed by atoms with Crippen molar-refractivity contribution in [1.29, 1.82) is 0 Å². The molecule has 6 rings (SSSR count). The lowest BCUT2D eigenvalue weighted by Crippen LogP contribution is -2.30. The van der Waals surface area contributed by atoms with Crippen LogP contribution in [0.2, 0.25) is 5.02 Å². The van der Waals surface area contributed by atoms with Gasteiger partial charge in [0.2, 0.25) is 11.9 Å². The van der Waals surface area contributed by atoms with Crippen molar-refractivity contribution in [2.75, 3.05) is 16.7 Å². The molecule has 2 amide bonds. The molecule has 14 heteroatoms. The van der Waals surface area contributed by atoms with Crippen LogP contribution < -0.4 is 10.2 Å². The van der Waals surface area contributed by atoms with Crippen molar-refractivity contribution >= 4 is 35.1 Å². The Morgan fingerprint density at radius 1 is 1.14 bits per heavy atom. The fourth-order valence-corrected chi connectivity index (χ4v) is 5.04. The van der Waals surface area contributed by atoms with Crippen LogP contribution in [0.1, 0.15) is 61.6 Å². The Labute approximate surface area is 245 Å². The Morgan fingerprint density at radius 3 is 2.62 bits per heavy atom. The molecule has 1 aliphatic carbocycles. The number of fused-ring (bicyclic) bond motifs is 1. The van der Waals surface area contributed by atoms with Gasteiger partial charge in [-0.1, -0.05) is 17.7 Å². The van der Waals surface area contributed by atoms with Crippen LogP contribution in [0.25, 0.3) is 11.3 Å². The number of halogens is 4. The maximum Gasteiger partial charge on any atom is 0.276 e. The molecule has 1 saturated carbocycles. The van der Waals surface area contributed by atoms with Crippen molar-refractivity contribution in [1.82, 2.24) is 29.7 Å². The molecule has 3 atom stereocenters. The second-order valence-corrected chi connectivity index (χ2v) is 10.5. The molecule has 0 spiro atoms. The summed E-state index contributed by atoms with van der Waals surface area (Å²) in [5, 5.41) is 6.57. The number of hydrogen-bond acceptors (Lipinski definition) is 7. The van der Waals surface area contributed by atoms with Crippen LogP contribution in [0.5, 0.6) is 0 Å². The maximum atomic E-state index is 14.8. The Bertz CT molecular complexity index is 1840. The number of amides is 2. The number of nitrogens with one attached hydrogen (secondary N) is 1. The van der Waals surface area contributed by atoms with Gasteiger partial charge in [-0.05, 0) is 39.2 Å². The van der Waals surface area contributed by atoms with Gasteiger partial charge in [-0.15, -0.1) is 0 Å². The van der Waals surface area contributed by atoms with Crippen molar-refractivity contribution in [3.8, 4) is 11.3 Å². The lowest BCUT2D eigenvalue weighted by molar-refractivity contribution is -0.118. The van der Waals surface area contributed by atoms with Crippen molar-refractivity contribution in [3.63, 3.8) is 0 Å². The molecule has 2 fully saturated rings. The Hall–Kier alpha value is -4.39. The number of hydrogen-bond donors (Lipinski definition) is 1. The molecular weight excluding hydrogens is 573 g/mol. The van der Waals surface area contributed by atoms with Crippen molar-refractivity contribution < 1.29 is 25.5 Å². The minimum absolute atomic E-state index is 0.00565. The average molecular weight is 599 g/mol. The van der Waals surface area contributed by atoms with Crippen LogP contribution >= 0.6 is 11.6 Å². The largest absolute Gasteiger partial charge is 0.318 e. The van der Waals surface area contributed by atoms with Crippen LogP contribution in [0.15, 0.2) is 36.9 Å². The number of nitrogens with zero attached hydrogens (tertiary/aromatic N) is 7. The van der Waals surface area contributed by atoms with E-state index >= 15 is 0 Å². The van der Waals surface area contributed by atoms with E-state index in [4.69, 9.17) is 14.3 Å². The van der Waals surface area contributed by atoms with Gasteiger partial charge in [0.15, 0.2) is 5.82 Å². The van der Waals surface area contributed by atoms with E-state index in [1.54, 1.807) is 17.8 Å². The molecule has 4 heterocycles. The van der Waals surface area contributed by atoms with Gasteiger partial charge in [-0.2, -0.15) is 5.10 Å². The summed E-state index contributed by atoms with van der Waals surface area (Å²) in [6, 6.07) is 1.60. The number of aryl methyl sites for hydroxylation is 2. The van der Waals surface area contributed by atoms with E-state index in [9.17, 15) is 22.8 Å². The molecule has 1 N–H and O–H groups in total. The van der Waals surface area contributed by atoms with Gasteiger partial charge in [0.25, 0.3) is 12.3 Å². The first-order valence-corrected chi connectivity index (χ1v) is 13.3. The number of aromatic nitrogens is 6. The number of carbonyl (C=O) groups is 2. The van der Waals surface area contributed by atoms with E-state index in [0.717, 1.165) is 23.2 Å². The fraction of sp³-hybridized carbons (Fsp3) is 0.321. The summed E-state index contributed by atoms with van der Waals surface area (Å²) >= 11 is 5.83. The van der Waals surface area contributed by atoms with Gasteiger partial charge < -0.3 is 5.32 Å². The average Bonchev–Trinajstić information content (AvgIpc) is 3.62. The first kappa shape index (κ1) is 25.3. The van der Waals surface area contributed by atoms with Gasteiger partial charge in [0.1, 0.15) is 5.69 Å². The third kappa shape index (κ3) is 4.87. The van der Waals surface area contributed by atoms with Crippen molar-refractivity contribution in [2.45, 2.75) is 39.7 Å². The molecule has 3 aromatic heterocycles. The summed E-state index contributed by atoms with van der Waals surface area (Å²) in [7, 11) is 0. The normalized spacial score (nSPS) is 20.3. The van der Waals surface area contributed by atoms with E-state index in [1.807, 2.05) is 6.92 Å². The zero-order valence-electron chi connectivity index (χ0n) is 24.4. The summed E-state index contributed by atoms with van der Waals surface area (Å²) in [5.74, 6) is -2.80. The molecule has 2 aliphatic rings. The molecule has 1 aromatic carbocycles. The molecular formula is C28H24ClF3N8O2. The van der Waals surface area contributed by atoms with E-state index in [0.29, 0.717) is 17.7 Å². The molecule has 0 radical (unpaired) electrons. The number of carbonyl (C=O) groups excluding carboxylic acids is 2. The van der Waals surface area contributed by atoms with E-state index in [2.05, 4.69) is 30.4 Å². The smallest absolute Gasteiger partial charge is 0.276 e. The van der Waals surface area contributed by atoms with Gasteiger partial charge in [-0.25, -0.2) is 28.1 Å². The summed E-state index contributed by atoms with van der Waals surface area (Å²) in [4.78, 5) is 43.7. The number of anilines is 2. The second-order valence-electron chi connectivity index (χ2n) is 10.1. The van der Waals surface area contributed by atoms with E-state index in [-0.39, 0.29) is 51.5 Å². The summed E-state index contributed by atoms with van der Waals surface area (Å²) in [6.07, 6.45) is 3.06. The summed E-state index contributed by atoms with van der Waals surface area (Å²) in [6.45, 7) is 3.19. The Kier molecular flexibility index (Phi) is 6.31. The van der Waals surface area contributed by atoms with Gasteiger partial charge in [0.05, 0.1) is 43.3 Å². The third-order valence-corrected chi connectivity index (χ3v) is 7.61. The summed E-state index contributed by atoms with van der Waals surface area (Å²) in [5.41, 5.74) is -0.0360. The van der Waals surface area contributed by atoms with Crippen molar-refractivity contribution in [2.24, 2.45) is 11.8 Å². The second kappa shape index (κ2) is 10.5. The predicted molar refractivity (Wildman–Crippen MR) is 147 cm³/mol. The minimum atomic E-state index is -3.02. The van der Waals surface area contributed by atoms with Crippen LogP contribution in [-0.2, 0) is 4.79 Å². The summed E-state index contributed by atoms with van der Waals surface area (Å²) < 4.78 is 60.3. The van der Waals surface area contributed by atoms with E-state index < -0.39 is 41.8 Å². The number of piperidine rings is 1. The number of benzene rings is 1. The van der Waals surface area contributed by atoms with Gasteiger partial charge in [0, 0.05) is 47.2 Å². The highest BCUT2D eigenvalue weighted by molar-refractivity contribution is 6.31. The number of alkyl halides is 2. The standard InChI is InChI=1S/C28H24ClF3N8O2/c1-12-19(8-34-28(36-12)39-10-15-6-18(15)27(39)42)14(3)40-11-16(7-35-40)37-26(41)24-13(2)33-9-21(38-24)22-17(25(31)32)4-5-20(29)23(22)30/h4-5,7-9,11,14-15,18,25H,6,10H2,1-3H3,(H,37,41)/t14-,15?,18?/m0/s1/i10D2. The Balaban J connectivity index is 1.21. The quantitative estimate of drug-likeness (QED) is 0.306. The molecule has 10 nitrogen and oxygen atoms in total. The molecule has 4 aromatic rings. The molecule has 2 unspecified atom stereocenters. The fourth-order valence-electron chi connectivity index (χ4n) is 4.88. The molecule has 1 aliphatic heterocycles.